The van der Waals surface area contributed by atoms with E-state index in [2.05, 4.69) is 16.0 Å². The van der Waals surface area contributed by atoms with E-state index in [0.717, 1.165) is 12.0 Å². The minimum atomic E-state index is -4.43. The van der Waals surface area contributed by atoms with Crippen molar-refractivity contribution in [3.63, 3.8) is 0 Å². The lowest BCUT2D eigenvalue weighted by atomic mass is 9.87. The number of nitrogens with one attached hydrogen (secondary N) is 3. The first-order valence-electron chi connectivity index (χ1n) is 14.6. The maximum Gasteiger partial charge on any atom is 0.407 e. The van der Waals surface area contributed by atoms with E-state index in [4.69, 9.17) is 14.2 Å². The van der Waals surface area contributed by atoms with Gasteiger partial charge in [0.1, 0.15) is 18.5 Å². The van der Waals surface area contributed by atoms with Crippen LogP contribution in [0.3, 0.4) is 0 Å². The summed E-state index contributed by atoms with van der Waals surface area (Å²) in [5.41, 5.74) is 1.40. The highest BCUT2D eigenvalue weighted by atomic mass is 19.4. The molecule has 0 aliphatic carbocycles. The Kier molecular flexibility index (Phi) is 13.4. The molecule has 2 aromatic carbocycles. The van der Waals surface area contributed by atoms with Crippen LogP contribution in [0, 0.1) is 5.82 Å². The molecule has 2 amide bonds. The minimum Gasteiger partial charge on any atom is -0.464 e. The van der Waals surface area contributed by atoms with Crippen molar-refractivity contribution in [3.8, 4) is 0 Å². The van der Waals surface area contributed by atoms with Crippen molar-refractivity contribution in [1.29, 1.82) is 0 Å². The number of methoxy groups -OCH3 is 1. The first kappa shape index (κ1) is 34.8. The Morgan fingerprint density at radius 1 is 1.11 bits per heavy atom. The highest BCUT2D eigenvalue weighted by Gasteiger charge is 2.32. The number of ether oxygens (including phenoxy) is 3. The summed E-state index contributed by atoms with van der Waals surface area (Å²) in [6, 6.07) is 12.3. The molecule has 3 N–H and O–H groups in total. The summed E-state index contributed by atoms with van der Waals surface area (Å²) in [4.78, 5) is 37.4. The second-order valence-electron chi connectivity index (χ2n) is 10.6. The van der Waals surface area contributed by atoms with E-state index in [1.54, 1.807) is 6.07 Å². The third-order valence-electron chi connectivity index (χ3n) is 7.29. The van der Waals surface area contributed by atoms with Gasteiger partial charge in [-0.05, 0) is 37.0 Å². The van der Waals surface area contributed by atoms with Gasteiger partial charge in [-0.25, -0.2) is 9.18 Å². The predicted molar refractivity (Wildman–Crippen MR) is 155 cm³/mol. The van der Waals surface area contributed by atoms with Crippen LogP contribution < -0.4 is 16.0 Å². The topological polar surface area (TPSA) is 115 Å². The second kappa shape index (κ2) is 17.0. The van der Waals surface area contributed by atoms with Crippen LogP contribution in [0.15, 0.2) is 48.5 Å². The molecule has 1 saturated heterocycles. The maximum absolute atomic E-state index is 15.0. The van der Waals surface area contributed by atoms with Crippen LogP contribution in [0.2, 0.25) is 0 Å². The molecule has 13 heteroatoms. The van der Waals surface area contributed by atoms with Crippen LogP contribution in [-0.2, 0) is 30.2 Å². The van der Waals surface area contributed by atoms with Gasteiger partial charge in [0.05, 0.1) is 38.7 Å². The molecule has 0 aromatic heterocycles. The number of benzene rings is 2. The van der Waals surface area contributed by atoms with Crippen molar-refractivity contribution in [2.24, 2.45) is 0 Å². The summed E-state index contributed by atoms with van der Waals surface area (Å²) < 4.78 is 67.4. The number of morpholine rings is 1. The van der Waals surface area contributed by atoms with E-state index in [1.807, 2.05) is 37.3 Å². The SMILES string of the molecule is CCC[C@H](c1ccccc1)[C@H](NC(=O)OC)C(=O)Nc1cccc(F)c1CC[C@@H]1CN[C@H](COC(=O)CCC(F)(F)F)CO1. The zero-order chi connectivity index (χ0) is 32.1. The van der Waals surface area contributed by atoms with Gasteiger partial charge in [0, 0.05) is 23.7 Å². The Labute approximate surface area is 254 Å². The van der Waals surface area contributed by atoms with Crippen molar-refractivity contribution in [2.75, 3.05) is 32.2 Å². The number of rotatable bonds is 14. The van der Waals surface area contributed by atoms with Crippen LogP contribution in [0.1, 0.15) is 56.1 Å². The number of carbonyl (C=O) groups excluding carboxylic acids is 3. The highest BCUT2D eigenvalue weighted by Crippen LogP contribution is 2.28. The molecule has 242 valence electrons. The Morgan fingerprint density at radius 2 is 1.86 bits per heavy atom. The van der Waals surface area contributed by atoms with Gasteiger partial charge in [0.25, 0.3) is 0 Å². The molecule has 1 heterocycles. The summed E-state index contributed by atoms with van der Waals surface area (Å²) in [5, 5.41) is 8.59. The van der Waals surface area contributed by atoms with E-state index in [1.165, 1.54) is 19.2 Å². The Balaban J connectivity index is 1.61. The summed E-state index contributed by atoms with van der Waals surface area (Å²) in [7, 11) is 1.21. The molecule has 2 aromatic rings. The molecular formula is C31H39F4N3O6. The van der Waals surface area contributed by atoms with E-state index in [9.17, 15) is 27.6 Å². The Hall–Kier alpha value is -3.71. The monoisotopic (exact) mass is 625 g/mol. The van der Waals surface area contributed by atoms with E-state index < -0.39 is 48.8 Å². The largest absolute Gasteiger partial charge is 0.464 e. The summed E-state index contributed by atoms with van der Waals surface area (Å²) >= 11 is 0. The van der Waals surface area contributed by atoms with Gasteiger partial charge in [-0.3, -0.25) is 9.59 Å². The maximum atomic E-state index is 15.0. The van der Waals surface area contributed by atoms with Crippen molar-refractivity contribution < 1.29 is 46.2 Å². The predicted octanol–water partition coefficient (Wildman–Crippen LogP) is 5.25. The lowest BCUT2D eigenvalue weighted by Crippen LogP contribution is -2.49. The smallest absolute Gasteiger partial charge is 0.407 e. The van der Waals surface area contributed by atoms with Gasteiger partial charge in [-0.1, -0.05) is 49.7 Å². The van der Waals surface area contributed by atoms with Gasteiger partial charge in [0.2, 0.25) is 5.91 Å². The first-order chi connectivity index (χ1) is 21.0. The van der Waals surface area contributed by atoms with Crippen molar-refractivity contribution >= 4 is 23.7 Å². The molecular weight excluding hydrogens is 586 g/mol. The molecule has 3 rings (SSSR count). The van der Waals surface area contributed by atoms with Crippen LogP contribution in [0.4, 0.5) is 28.0 Å². The Morgan fingerprint density at radius 3 is 2.50 bits per heavy atom. The third kappa shape index (κ3) is 11.1. The molecule has 1 aliphatic heterocycles. The molecule has 44 heavy (non-hydrogen) atoms. The standard InChI is InChI=1S/C31H39F4N3O6/c1-3-8-23(20-9-5-4-6-10-20)28(38-30(41)42-2)29(40)37-26-12-7-11-25(32)24(26)14-13-22-17-36-21(18-43-22)19-44-27(39)15-16-31(33,34)35/h4-7,9-12,21-23,28,36H,3,8,13-19H2,1-2H3,(H,37,40)(H,38,41)/t21-,22+,23+,28-/m0/s1. The summed E-state index contributed by atoms with van der Waals surface area (Å²) in [6.45, 7) is 2.35. The average Bonchev–Trinajstić information content (AvgIpc) is 3.00. The fourth-order valence-electron chi connectivity index (χ4n) is 4.99. The van der Waals surface area contributed by atoms with E-state index in [-0.39, 0.29) is 48.9 Å². The fourth-order valence-corrected chi connectivity index (χ4v) is 4.99. The molecule has 1 fully saturated rings. The Bertz CT molecular complexity index is 1220. The summed E-state index contributed by atoms with van der Waals surface area (Å²) in [5.74, 6) is -2.33. The lowest BCUT2D eigenvalue weighted by Gasteiger charge is -2.30. The van der Waals surface area contributed by atoms with Crippen LogP contribution >= 0.6 is 0 Å². The number of halogens is 4. The number of anilines is 1. The van der Waals surface area contributed by atoms with Gasteiger partial charge < -0.3 is 30.2 Å². The van der Waals surface area contributed by atoms with Gasteiger partial charge in [-0.15, -0.1) is 0 Å². The quantitative estimate of drug-likeness (QED) is 0.194. The molecule has 0 saturated carbocycles. The third-order valence-corrected chi connectivity index (χ3v) is 7.29. The fraction of sp³-hybridized carbons (Fsp3) is 0.516. The van der Waals surface area contributed by atoms with Crippen molar-refractivity contribution in [1.82, 2.24) is 10.6 Å². The molecule has 0 spiro atoms. The van der Waals surface area contributed by atoms with Gasteiger partial charge in [-0.2, -0.15) is 13.2 Å². The summed E-state index contributed by atoms with van der Waals surface area (Å²) in [6.07, 6.45) is -5.55. The number of amides is 2. The van der Waals surface area contributed by atoms with Gasteiger partial charge >= 0.3 is 18.2 Å². The second-order valence-corrected chi connectivity index (χ2v) is 10.6. The number of hydrogen-bond acceptors (Lipinski definition) is 7. The lowest BCUT2D eigenvalue weighted by molar-refractivity contribution is -0.158. The highest BCUT2D eigenvalue weighted by molar-refractivity contribution is 5.98. The number of carbonyl (C=O) groups is 3. The molecule has 4 atom stereocenters. The number of hydrogen-bond donors (Lipinski definition) is 3. The molecule has 0 unspecified atom stereocenters. The number of alkyl carbamates (subject to hydrolysis) is 1. The van der Waals surface area contributed by atoms with Crippen LogP contribution in [0.5, 0.6) is 0 Å². The number of alkyl halides is 3. The molecule has 0 radical (unpaired) electrons. The zero-order valence-corrected chi connectivity index (χ0v) is 24.8. The molecule has 9 nitrogen and oxygen atoms in total. The zero-order valence-electron chi connectivity index (χ0n) is 24.8. The normalized spacial score (nSPS) is 18.1. The van der Waals surface area contributed by atoms with Crippen LogP contribution in [0.25, 0.3) is 0 Å². The van der Waals surface area contributed by atoms with Crippen molar-refractivity contribution in [2.45, 2.75) is 75.7 Å². The average molecular weight is 626 g/mol. The van der Waals surface area contributed by atoms with Gasteiger partial charge in [0.15, 0.2) is 0 Å². The van der Waals surface area contributed by atoms with E-state index >= 15 is 4.39 Å². The minimum absolute atomic E-state index is 0.129. The number of esters is 1. The van der Waals surface area contributed by atoms with Crippen molar-refractivity contribution in [3.05, 3.63) is 65.5 Å². The molecule has 1 aliphatic rings. The van der Waals surface area contributed by atoms with Crippen LogP contribution in [-0.4, -0.2) is 69.2 Å². The first-order valence-corrected chi connectivity index (χ1v) is 14.6. The molecule has 0 bridgehead atoms. The van der Waals surface area contributed by atoms with E-state index in [0.29, 0.717) is 19.4 Å².